The summed E-state index contributed by atoms with van der Waals surface area (Å²) in [7, 11) is 0. The van der Waals surface area contributed by atoms with Crippen LogP contribution in [0.5, 0.6) is 0 Å². The second-order valence-corrected chi connectivity index (χ2v) is 5.21. The van der Waals surface area contributed by atoms with Gasteiger partial charge in [-0.3, -0.25) is 0 Å². The first-order chi connectivity index (χ1) is 9.42. The third-order valence-electron chi connectivity index (χ3n) is 2.73. The molecule has 2 nitrogen and oxygen atoms in total. The summed E-state index contributed by atoms with van der Waals surface area (Å²) in [5, 5.41) is 5.06. The summed E-state index contributed by atoms with van der Waals surface area (Å²) in [4.78, 5) is 5.41. The molecule has 0 amide bonds. The Hall–Kier alpha value is -2.00. The minimum atomic E-state index is -0.0459. The maximum atomic E-state index is 5.41. The number of hydrogen-bond donors (Lipinski definition) is 0. The highest BCUT2D eigenvalue weighted by Crippen LogP contribution is 2.28. The molecule has 1 aliphatic rings. The van der Waals surface area contributed by atoms with Gasteiger partial charge in [0.05, 0.1) is 0 Å². The first-order valence-corrected chi connectivity index (χ1v) is 6.99. The summed E-state index contributed by atoms with van der Waals surface area (Å²) in [5.74, 6) is 0. The molecule has 0 aromatic heterocycles. The molecule has 94 valence electrons. The molecule has 0 radical (unpaired) electrons. The highest BCUT2D eigenvalue weighted by Gasteiger charge is 2.20. The maximum Gasteiger partial charge on any atom is 0.197 e. The molecule has 0 bridgehead atoms. The van der Waals surface area contributed by atoms with Crippen molar-refractivity contribution in [3.8, 4) is 0 Å². The van der Waals surface area contributed by atoms with Gasteiger partial charge in [-0.1, -0.05) is 83.7 Å². The normalized spacial score (nSPS) is 18.3. The number of rotatable bonds is 3. The number of oxime groups is 1. The van der Waals surface area contributed by atoms with Gasteiger partial charge in [0.15, 0.2) is 5.44 Å². The maximum absolute atomic E-state index is 5.41. The molecule has 2 aromatic rings. The van der Waals surface area contributed by atoms with Crippen molar-refractivity contribution in [2.24, 2.45) is 5.16 Å². The summed E-state index contributed by atoms with van der Waals surface area (Å²) in [6, 6.07) is 20.3. The Morgan fingerprint density at radius 2 is 1.63 bits per heavy atom. The van der Waals surface area contributed by atoms with Crippen LogP contribution in [-0.2, 0) is 4.84 Å². The minimum absolute atomic E-state index is 0.0459. The molecular formula is C16H13NOS. The molecule has 3 heteroatoms. The third kappa shape index (κ3) is 3.06. The molecule has 0 spiro atoms. The largest absolute Gasteiger partial charge is 0.376 e. The molecule has 0 saturated heterocycles. The lowest BCUT2D eigenvalue weighted by atomic mass is 10.2. The first kappa shape index (κ1) is 12.1. The standard InChI is InChI=1S/C16H13NOS/c1-3-7-13(8-4-1)11-12-15-18-17-16(19-15)14-9-5-2-6-10-14/h1-12,15H/b12-11+. The van der Waals surface area contributed by atoms with Gasteiger partial charge in [-0.25, -0.2) is 0 Å². The minimum Gasteiger partial charge on any atom is -0.376 e. The van der Waals surface area contributed by atoms with Gasteiger partial charge in [0.25, 0.3) is 0 Å². The Bertz CT molecular complexity index is 593. The Balaban J connectivity index is 1.64. The van der Waals surface area contributed by atoms with Gasteiger partial charge >= 0.3 is 0 Å². The lowest BCUT2D eigenvalue weighted by molar-refractivity contribution is 0.160. The van der Waals surface area contributed by atoms with Crippen molar-refractivity contribution in [1.82, 2.24) is 0 Å². The fourth-order valence-electron chi connectivity index (χ4n) is 1.78. The van der Waals surface area contributed by atoms with Gasteiger partial charge in [-0.05, 0) is 11.6 Å². The molecule has 0 N–H and O–H groups in total. The van der Waals surface area contributed by atoms with Gasteiger partial charge < -0.3 is 4.84 Å². The highest BCUT2D eigenvalue weighted by atomic mass is 32.2. The van der Waals surface area contributed by atoms with Crippen LogP contribution in [0.3, 0.4) is 0 Å². The number of hydrogen-bond acceptors (Lipinski definition) is 3. The summed E-state index contributed by atoms with van der Waals surface area (Å²) in [6.07, 6.45) is 4.08. The van der Waals surface area contributed by atoms with E-state index in [1.54, 1.807) is 11.8 Å². The second-order valence-electron chi connectivity index (χ2n) is 4.12. The molecule has 19 heavy (non-hydrogen) atoms. The van der Waals surface area contributed by atoms with E-state index in [9.17, 15) is 0 Å². The van der Waals surface area contributed by atoms with E-state index in [1.165, 1.54) is 5.56 Å². The van der Waals surface area contributed by atoms with Crippen molar-refractivity contribution in [3.63, 3.8) is 0 Å². The van der Waals surface area contributed by atoms with Crippen molar-refractivity contribution in [1.29, 1.82) is 0 Å². The number of thioether (sulfide) groups is 1. The van der Waals surface area contributed by atoms with Gasteiger partial charge in [-0.2, -0.15) is 0 Å². The molecule has 1 atom stereocenters. The van der Waals surface area contributed by atoms with E-state index >= 15 is 0 Å². The average Bonchev–Trinajstić information content (AvgIpc) is 2.96. The summed E-state index contributed by atoms with van der Waals surface area (Å²) >= 11 is 1.62. The van der Waals surface area contributed by atoms with Crippen LogP contribution in [0.2, 0.25) is 0 Å². The van der Waals surface area contributed by atoms with Crippen LogP contribution in [0.1, 0.15) is 11.1 Å². The Labute approximate surface area is 116 Å². The zero-order valence-corrected chi connectivity index (χ0v) is 11.1. The Kier molecular flexibility index (Phi) is 3.65. The quantitative estimate of drug-likeness (QED) is 0.833. The molecule has 0 aliphatic carbocycles. The smallest absolute Gasteiger partial charge is 0.197 e. The third-order valence-corrected chi connectivity index (χ3v) is 3.74. The van der Waals surface area contributed by atoms with Crippen molar-refractivity contribution in [2.45, 2.75) is 5.44 Å². The molecule has 2 aromatic carbocycles. The van der Waals surface area contributed by atoms with E-state index in [0.29, 0.717) is 0 Å². The number of nitrogens with zero attached hydrogens (tertiary/aromatic N) is 1. The van der Waals surface area contributed by atoms with E-state index < -0.39 is 0 Å². The molecule has 1 unspecified atom stereocenters. The molecule has 0 fully saturated rings. The van der Waals surface area contributed by atoms with Crippen LogP contribution in [0.15, 0.2) is 71.9 Å². The predicted molar refractivity (Wildman–Crippen MR) is 80.9 cm³/mol. The van der Waals surface area contributed by atoms with Crippen LogP contribution >= 0.6 is 11.8 Å². The predicted octanol–water partition coefficient (Wildman–Crippen LogP) is 4.15. The van der Waals surface area contributed by atoms with Crippen LogP contribution < -0.4 is 0 Å². The first-order valence-electron chi connectivity index (χ1n) is 6.11. The molecule has 3 rings (SSSR count). The van der Waals surface area contributed by atoms with E-state index in [-0.39, 0.29) is 5.44 Å². The summed E-state index contributed by atoms with van der Waals surface area (Å²) in [6.45, 7) is 0. The average molecular weight is 267 g/mol. The zero-order valence-electron chi connectivity index (χ0n) is 10.3. The topological polar surface area (TPSA) is 21.6 Å². The molecule has 1 heterocycles. The van der Waals surface area contributed by atoms with Crippen molar-refractivity contribution < 1.29 is 4.84 Å². The van der Waals surface area contributed by atoms with Gasteiger partial charge in [0.1, 0.15) is 5.04 Å². The van der Waals surface area contributed by atoms with Crippen LogP contribution in [0.25, 0.3) is 6.08 Å². The lowest BCUT2D eigenvalue weighted by Crippen LogP contribution is -1.96. The Morgan fingerprint density at radius 1 is 0.947 bits per heavy atom. The lowest BCUT2D eigenvalue weighted by Gasteiger charge is -2.00. The fraction of sp³-hybridized carbons (Fsp3) is 0.0625. The van der Waals surface area contributed by atoms with Gasteiger partial charge in [0, 0.05) is 5.56 Å². The van der Waals surface area contributed by atoms with E-state index in [0.717, 1.165) is 10.6 Å². The SMILES string of the molecule is C(=C\C1ON=C(c2ccccc2)S1)/c1ccccc1. The second kappa shape index (κ2) is 5.76. The van der Waals surface area contributed by atoms with E-state index in [4.69, 9.17) is 4.84 Å². The highest BCUT2D eigenvalue weighted by molar-refractivity contribution is 8.15. The molecular weight excluding hydrogens is 254 g/mol. The van der Waals surface area contributed by atoms with E-state index in [2.05, 4.69) is 23.4 Å². The molecule has 0 saturated carbocycles. The van der Waals surface area contributed by atoms with Crippen molar-refractivity contribution in [3.05, 3.63) is 77.9 Å². The number of benzene rings is 2. The van der Waals surface area contributed by atoms with Gasteiger partial charge in [-0.15, -0.1) is 0 Å². The summed E-state index contributed by atoms with van der Waals surface area (Å²) in [5.41, 5.74) is 2.22. The van der Waals surface area contributed by atoms with Crippen LogP contribution in [-0.4, -0.2) is 10.5 Å². The summed E-state index contributed by atoms with van der Waals surface area (Å²) < 4.78 is 0. The van der Waals surface area contributed by atoms with Crippen molar-refractivity contribution in [2.75, 3.05) is 0 Å². The van der Waals surface area contributed by atoms with Crippen LogP contribution in [0.4, 0.5) is 0 Å². The monoisotopic (exact) mass is 267 g/mol. The molecule has 1 aliphatic heterocycles. The van der Waals surface area contributed by atoms with E-state index in [1.807, 2.05) is 54.6 Å². The zero-order chi connectivity index (χ0) is 12.9. The Morgan fingerprint density at radius 3 is 2.37 bits per heavy atom. The van der Waals surface area contributed by atoms with Crippen LogP contribution in [0, 0.1) is 0 Å². The van der Waals surface area contributed by atoms with Crippen molar-refractivity contribution >= 4 is 22.9 Å². The fourth-order valence-corrected chi connectivity index (χ4v) is 2.60. The van der Waals surface area contributed by atoms with Gasteiger partial charge in [0.2, 0.25) is 0 Å².